The van der Waals surface area contributed by atoms with Gasteiger partial charge in [-0.25, -0.2) is 4.98 Å². The number of rotatable bonds is 50. The van der Waals surface area contributed by atoms with Gasteiger partial charge in [-0.1, -0.05) is 83.1 Å². The third-order valence-electron chi connectivity index (χ3n) is 23.9. The Kier molecular flexibility index (Phi) is 40.6. The van der Waals surface area contributed by atoms with Crippen molar-refractivity contribution in [1.29, 1.82) is 10.8 Å². The van der Waals surface area contributed by atoms with E-state index in [1.165, 1.54) is 114 Å². The van der Waals surface area contributed by atoms with Crippen molar-refractivity contribution < 1.29 is 127 Å². The fourth-order valence-corrected chi connectivity index (χ4v) is 16.3. The van der Waals surface area contributed by atoms with Crippen molar-refractivity contribution in [3.05, 3.63) is 129 Å². The van der Waals surface area contributed by atoms with Gasteiger partial charge >= 0.3 is 0 Å². The first-order valence-corrected chi connectivity index (χ1v) is 46.1. The number of fused-ring (bicyclic) bond motifs is 3. The standard InChI is InChI=1S/C93H132N22O26/c1-41(2)30-59(105-66(120)39-139-115-48(11)93(137)36-55-69(65(37-93)141-67-35-56(94)75(121)47(10)140-67)79(125)71-70(77(55)123)76(122)54-16-13-19-64(138-12)68(54)78(71)124)85(131)107-57(17-14-28-101-91(96)97)82(128)106-58(18-15-29-102-92(98)99)83(129)109-62(33-50-22-26-53(119)27-23-50)88(134)112-72(43(5)6)89(135)111-63(34-51-38-100-40-103-51)86(132)108-60(31-42(3)4)87(133)114-74(46(9)117)90(136)110-61(32-49-20-24-52(118)25-21-49)84(130)104-44(7)81(127)113-73(45(8)116)80(95)126/h13,16,19-27,38,40-47,56-63,65,67,72-75,116-119,121,123,125,137H,14-15,17-18,28-37,39,94H2,1-12H3,(H2,95,126)(H,100,103)(H,104,130)(H,105,120)(H,106,128)(H,107,131)(H,108,132)(H,109,129)(H,110,136)(H,111,135)(H,112,134)(H,113,127)(H,114,133)(H4,96,97,101)(H4,98,99,102)/b115-48+/t44-,45+,46+,47-,56-,57-,58-,59-,60-,61-,62-,63-,65-,67-,72-,73-,74-,75+,93-/m0/s1. The molecule has 1 saturated heterocycles. The maximum absolute atomic E-state index is 15.2. The van der Waals surface area contributed by atoms with Crippen molar-refractivity contribution in [3.63, 3.8) is 0 Å². The fourth-order valence-electron chi connectivity index (χ4n) is 16.3. The molecule has 1 fully saturated rings. The molecule has 0 spiro atoms. The smallest absolute Gasteiger partial charge is 0.261 e. The molecular weight excluding hydrogens is 1840 g/mol. The minimum absolute atomic E-state index is 0.00648. The molecule has 48 heteroatoms. The highest BCUT2D eigenvalue weighted by Crippen LogP contribution is 2.53. The lowest BCUT2D eigenvalue weighted by atomic mass is 9.72. The summed E-state index contributed by atoms with van der Waals surface area (Å²) in [6, 6.07) is -3.18. The van der Waals surface area contributed by atoms with E-state index in [2.05, 4.69) is 84.2 Å². The van der Waals surface area contributed by atoms with Crippen molar-refractivity contribution in [2.45, 2.75) is 268 Å². The van der Waals surface area contributed by atoms with Crippen molar-refractivity contribution in [2.75, 3.05) is 26.8 Å². The predicted molar refractivity (Wildman–Crippen MR) is 506 cm³/mol. The van der Waals surface area contributed by atoms with Crippen LogP contribution in [0, 0.1) is 28.6 Å². The molecule has 1 aromatic heterocycles. The number of oxime groups is 1. The van der Waals surface area contributed by atoms with E-state index in [9.17, 15) is 88.8 Å². The lowest BCUT2D eigenvalue weighted by Gasteiger charge is -2.42. The molecule has 19 atom stereocenters. The second-order valence-electron chi connectivity index (χ2n) is 36.6. The molecule has 0 radical (unpaired) electrons. The first-order chi connectivity index (χ1) is 66.4. The number of ketones is 2. The summed E-state index contributed by atoms with van der Waals surface area (Å²) in [5.41, 5.74) is 19.5. The number of benzene rings is 4. The average molecular weight is 1970 g/mol. The lowest BCUT2D eigenvalue weighted by Crippen LogP contribution is -2.62. The van der Waals surface area contributed by atoms with Crippen LogP contribution >= 0.6 is 0 Å². The molecule has 0 saturated carbocycles. The Morgan fingerprint density at radius 3 is 1.53 bits per heavy atom. The molecule has 48 nitrogen and oxygen atoms in total. The predicted octanol–water partition coefficient (Wildman–Crippen LogP) is -3.43. The first-order valence-electron chi connectivity index (χ1n) is 46.1. The number of amides is 12. The zero-order chi connectivity index (χ0) is 104. The monoisotopic (exact) mass is 1970 g/mol. The molecule has 4 aromatic carbocycles. The highest BCUT2D eigenvalue weighted by molar-refractivity contribution is 6.31. The summed E-state index contributed by atoms with van der Waals surface area (Å²) >= 11 is 0. The number of methoxy groups -OCH3 is 1. The second-order valence-corrected chi connectivity index (χ2v) is 36.6. The van der Waals surface area contributed by atoms with Crippen LogP contribution in [-0.4, -0.2) is 287 Å². The van der Waals surface area contributed by atoms with Gasteiger partial charge in [0.2, 0.25) is 70.8 Å². The van der Waals surface area contributed by atoms with E-state index in [4.69, 9.17) is 52.8 Å². The maximum atomic E-state index is 15.2. The zero-order valence-corrected chi connectivity index (χ0v) is 80.4. The first kappa shape index (κ1) is 112. The summed E-state index contributed by atoms with van der Waals surface area (Å²) in [6.45, 7) is 15.3. The topological polar surface area (TPSA) is 787 Å². The molecular formula is C93H132N22O26. The number of aliphatic hydroxyl groups excluding tert-OH is 3. The number of hydrogen-bond acceptors (Lipinski definition) is 31. The van der Waals surface area contributed by atoms with Crippen molar-refractivity contribution in [3.8, 4) is 28.7 Å². The van der Waals surface area contributed by atoms with E-state index in [1.54, 1.807) is 41.5 Å². The number of guanidine groups is 2. The maximum Gasteiger partial charge on any atom is 0.261 e. The number of phenols is 4. The van der Waals surface area contributed by atoms with Crippen LogP contribution < -0.4 is 96.8 Å². The van der Waals surface area contributed by atoms with Crippen LogP contribution in [0.1, 0.15) is 193 Å². The average Bonchev–Trinajstić information content (AvgIpc) is 0.984. The number of aromatic hydroxyl groups is 4. The molecule has 770 valence electrons. The number of aromatic nitrogens is 2. The van der Waals surface area contributed by atoms with Crippen LogP contribution in [0.25, 0.3) is 0 Å². The SMILES string of the molecule is COc1cccc2c1C(=O)c1c(O)c3c(c(O)c1C2=O)C[C@@](O)(/C(C)=N/OCC(=O)N[C@@H](CC(C)C)C(=O)N[C@@H](CCCNC(=N)N)C(=O)N[C@@H](CCCNC(=N)N)C(=O)N[C@@H](Cc1ccc(O)cc1)C(=O)N[C@H](C(=O)N[C@@H](Cc1cnc[nH]1)C(=O)N[C@@H](CC(C)C)C(=O)N[C@H](C(=O)N[C@@H](Cc1ccc(O)cc1)C(=O)N[C@@H](C)C(=O)N[C@H](C(N)=O)[C@@H](C)O)[C@@H](C)O)C(C)C)C[C@@H]3O[C@H]1C[C@H](N)[C@H](O)[C@H](C)O1. The van der Waals surface area contributed by atoms with Gasteiger partial charge in [-0.05, 0) is 132 Å². The van der Waals surface area contributed by atoms with Gasteiger partial charge in [0.25, 0.3) is 5.91 Å². The number of carbonyl (C=O) groups is 14. The van der Waals surface area contributed by atoms with Gasteiger partial charge in [0.05, 0.1) is 66.4 Å². The van der Waals surface area contributed by atoms with Gasteiger partial charge < -0.3 is 157 Å². The summed E-state index contributed by atoms with van der Waals surface area (Å²) in [6.07, 6.45) is -8.19. The van der Waals surface area contributed by atoms with Crippen LogP contribution in [0.2, 0.25) is 0 Å². The zero-order valence-electron chi connectivity index (χ0n) is 80.4. The third kappa shape index (κ3) is 31.1. The Bertz CT molecular complexity index is 5340. The number of nitrogens with two attached hydrogens (primary N) is 4. The van der Waals surface area contributed by atoms with Gasteiger partial charge in [0.1, 0.15) is 101 Å². The number of ether oxygens (including phenoxy) is 3. The minimum atomic E-state index is -2.22. The normalized spacial score (nSPS) is 19.4. The van der Waals surface area contributed by atoms with E-state index >= 15 is 19.2 Å². The highest BCUT2D eigenvalue weighted by Gasteiger charge is 2.50. The van der Waals surface area contributed by atoms with Gasteiger partial charge in [-0.2, -0.15) is 0 Å². The van der Waals surface area contributed by atoms with E-state index in [0.29, 0.717) is 11.1 Å². The largest absolute Gasteiger partial charge is 0.508 e. The molecule has 5 aromatic rings. The van der Waals surface area contributed by atoms with Crippen molar-refractivity contribution in [2.24, 2.45) is 45.8 Å². The number of hydrogen-bond donors (Lipinski definition) is 28. The minimum Gasteiger partial charge on any atom is -0.508 e. The summed E-state index contributed by atoms with van der Waals surface area (Å²) in [7, 11) is 1.28. The Labute approximate surface area is 812 Å². The number of nitrogens with one attached hydrogen (secondary N) is 16. The van der Waals surface area contributed by atoms with E-state index in [-0.39, 0.29) is 134 Å². The van der Waals surface area contributed by atoms with Crippen LogP contribution in [0.15, 0.2) is 84.4 Å². The Balaban J connectivity index is 1.00. The number of aliphatic hydroxyl groups is 4. The molecule has 2 heterocycles. The summed E-state index contributed by atoms with van der Waals surface area (Å²) in [5, 5.41) is 143. The number of H-pyrrole nitrogens is 1. The van der Waals surface area contributed by atoms with Crippen LogP contribution in [0.3, 0.4) is 0 Å². The van der Waals surface area contributed by atoms with Crippen LogP contribution in [0.4, 0.5) is 0 Å². The van der Waals surface area contributed by atoms with Gasteiger partial charge in [0.15, 0.2) is 30.6 Å². The van der Waals surface area contributed by atoms with Crippen LogP contribution in [-0.2, 0) is 97.5 Å². The Morgan fingerprint density at radius 2 is 1.04 bits per heavy atom. The van der Waals surface area contributed by atoms with Gasteiger partial charge in [-0.3, -0.25) is 77.9 Å². The van der Waals surface area contributed by atoms with Gasteiger partial charge in [-0.15, -0.1) is 0 Å². The summed E-state index contributed by atoms with van der Waals surface area (Å²) < 4.78 is 17.8. The van der Waals surface area contributed by atoms with Gasteiger partial charge in [0, 0.05) is 86.2 Å². The van der Waals surface area contributed by atoms with E-state index in [0.717, 1.165) is 6.92 Å². The molecule has 1 aliphatic heterocycles. The molecule has 0 unspecified atom stereocenters. The molecule has 3 aliphatic rings. The summed E-state index contributed by atoms with van der Waals surface area (Å²) in [5.74, 6) is -18.2. The number of phenolic OH excluding ortho intramolecular Hbond substituents is 4. The summed E-state index contributed by atoms with van der Waals surface area (Å²) in [4.78, 5) is 214. The van der Waals surface area contributed by atoms with E-state index in [1.807, 2.05) is 0 Å². The quantitative estimate of drug-likeness (QED) is 0.00581. The number of nitrogens with zero attached hydrogens (tertiary/aromatic N) is 2. The van der Waals surface area contributed by atoms with Crippen molar-refractivity contribution >= 4 is 100 Å². The van der Waals surface area contributed by atoms with Crippen molar-refractivity contribution in [1.82, 2.24) is 79.1 Å². The third-order valence-corrected chi connectivity index (χ3v) is 23.9. The fraction of sp³-hybridized carbons (Fsp3) is 0.527. The molecule has 141 heavy (non-hydrogen) atoms. The molecule has 32 N–H and O–H groups in total. The number of carbonyl (C=O) groups excluding carboxylic acids is 14. The second kappa shape index (κ2) is 51.1. The Morgan fingerprint density at radius 1 is 0.574 bits per heavy atom. The van der Waals surface area contributed by atoms with Crippen LogP contribution in [0.5, 0.6) is 28.7 Å². The molecule has 8 rings (SSSR count). The Hall–Kier alpha value is -14.2. The molecule has 0 bridgehead atoms. The number of primary amides is 1. The lowest BCUT2D eigenvalue weighted by molar-refractivity contribution is -0.245. The molecule has 2 aliphatic carbocycles. The highest BCUT2D eigenvalue weighted by atomic mass is 16.7. The van der Waals surface area contributed by atoms with E-state index < -0.39 is 263 Å². The number of imidazole rings is 1. The molecule has 12 amide bonds. The number of aromatic amines is 1.